The summed E-state index contributed by atoms with van der Waals surface area (Å²) in [6.07, 6.45) is 28.6. The first-order valence-corrected chi connectivity index (χ1v) is 22.0. The van der Waals surface area contributed by atoms with E-state index in [0.717, 1.165) is 24.2 Å². The number of hydrogen-bond acceptors (Lipinski definition) is 2. The first-order chi connectivity index (χ1) is 20.0. The van der Waals surface area contributed by atoms with Crippen LogP contribution in [0.15, 0.2) is 35.4 Å². The van der Waals surface area contributed by atoms with Gasteiger partial charge < -0.3 is 0 Å². The number of thiophene rings is 2. The van der Waals surface area contributed by atoms with Crippen molar-refractivity contribution in [3.8, 4) is 0 Å². The molecule has 0 radical (unpaired) electrons. The van der Waals surface area contributed by atoms with Gasteiger partial charge in [0.15, 0.2) is 0 Å². The van der Waals surface area contributed by atoms with Crippen LogP contribution in [0, 0.1) is 17.8 Å². The number of aryl methyl sites for hydroxylation is 1. The van der Waals surface area contributed by atoms with E-state index in [1.807, 2.05) is 21.5 Å². The molecule has 0 amide bonds. The lowest BCUT2D eigenvalue weighted by molar-refractivity contribution is 0.358. The summed E-state index contributed by atoms with van der Waals surface area (Å²) >= 11 is 4.32. The molecule has 0 spiro atoms. The van der Waals surface area contributed by atoms with E-state index in [2.05, 4.69) is 80.0 Å². The van der Waals surface area contributed by atoms with E-state index in [-0.39, 0.29) is 0 Å². The molecule has 0 N–H and O–H groups in total. The van der Waals surface area contributed by atoms with Gasteiger partial charge in [-0.3, -0.25) is 0 Å². The Balaban J connectivity index is 1.50. The van der Waals surface area contributed by atoms with E-state index < -0.39 is 8.07 Å². The van der Waals surface area contributed by atoms with Crippen molar-refractivity contribution < 1.29 is 0 Å². The number of rotatable bonds is 8. The Bertz CT molecular complexity index is 1280. The maximum absolute atomic E-state index is 2.75. The topological polar surface area (TPSA) is 0 Å². The third kappa shape index (κ3) is 6.11. The third-order valence-electron chi connectivity index (χ3n) is 11.0. The molecule has 4 aliphatic rings. The Kier molecular flexibility index (Phi) is 9.64. The maximum Gasteiger partial charge on any atom is 0.116 e. The fraction of sp³-hybridized carbons (Fsp3) is 0.632. The SMILES string of the molecule is C/C=C/c1sc(C2=C(C3CCCCC3)C(C3CCCCC3)=C(c3ccc(CC4CCCCC4)s3)[Si]2(C)C)cc1CC. The van der Waals surface area contributed by atoms with Crippen molar-refractivity contribution in [1.29, 1.82) is 0 Å². The molecule has 0 bridgehead atoms. The molecule has 2 aromatic rings. The standard InChI is InChI=1S/C38H54S2Si/c1-5-16-32-28(6-2)26-34(40-32)38-36(30-21-14-9-15-22-30)35(29-19-12-8-13-20-29)37(41(38,3)4)33-24-23-31(39-33)25-27-17-10-7-11-18-27/h5,16,23-24,26-27,29-30H,6-15,17-22,25H2,1-4H3/b16-5+. The van der Waals surface area contributed by atoms with Crippen molar-refractivity contribution in [3.05, 3.63) is 60.5 Å². The van der Waals surface area contributed by atoms with Crippen molar-refractivity contribution in [2.45, 2.75) is 136 Å². The van der Waals surface area contributed by atoms with E-state index in [9.17, 15) is 0 Å². The molecule has 2 aromatic heterocycles. The second kappa shape index (κ2) is 13.2. The van der Waals surface area contributed by atoms with E-state index in [4.69, 9.17) is 0 Å². The van der Waals surface area contributed by atoms with Crippen LogP contribution in [0.2, 0.25) is 13.1 Å². The van der Waals surface area contributed by atoms with Gasteiger partial charge in [0.25, 0.3) is 0 Å². The second-order valence-corrected chi connectivity index (χ2v) is 20.7. The summed E-state index contributed by atoms with van der Waals surface area (Å²) in [6, 6.07) is 7.78. The molecule has 0 unspecified atom stereocenters. The Labute approximate surface area is 260 Å². The molecule has 222 valence electrons. The molecule has 3 fully saturated rings. The summed E-state index contributed by atoms with van der Waals surface area (Å²) in [5.74, 6) is 2.48. The second-order valence-electron chi connectivity index (χ2n) is 14.2. The minimum atomic E-state index is -1.90. The lowest BCUT2D eigenvalue weighted by atomic mass is 9.73. The van der Waals surface area contributed by atoms with Crippen LogP contribution >= 0.6 is 22.7 Å². The molecule has 41 heavy (non-hydrogen) atoms. The normalized spacial score (nSPS) is 23.4. The quantitative estimate of drug-likeness (QED) is 0.264. The van der Waals surface area contributed by atoms with Crippen LogP contribution in [0.25, 0.3) is 16.5 Å². The van der Waals surface area contributed by atoms with Crippen LogP contribution in [0.4, 0.5) is 0 Å². The third-order valence-corrected chi connectivity index (χ3v) is 17.2. The van der Waals surface area contributed by atoms with E-state index in [0.29, 0.717) is 0 Å². The minimum Gasteiger partial charge on any atom is -0.141 e. The summed E-state index contributed by atoms with van der Waals surface area (Å²) < 4.78 is 0. The lowest BCUT2D eigenvalue weighted by Crippen LogP contribution is -2.28. The summed E-state index contributed by atoms with van der Waals surface area (Å²) in [7, 11) is -1.90. The summed E-state index contributed by atoms with van der Waals surface area (Å²) in [5.41, 5.74) is 5.34. The zero-order valence-corrected chi connectivity index (χ0v) is 29.1. The van der Waals surface area contributed by atoms with E-state index in [1.54, 1.807) is 20.2 Å². The van der Waals surface area contributed by atoms with E-state index in [1.165, 1.54) is 108 Å². The summed E-state index contributed by atoms with van der Waals surface area (Å²) in [4.78, 5) is 6.47. The van der Waals surface area contributed by atoms with Crippen molar-refractivity contribution in [3.63, 3.8) is 0 Å². The van der Waals surface area contributed by atoms with Gasteiger partial charge in [-0.25, -0.2) is 0 Å². The molecule has 3 heterocycles. The molecule has 0 aromatic carbocycles. The van der Waals surface area contributed by atoms with Crippen molar-refractivity contribution >= 4 is 47.2 Å². The first-order valence-electron chi connectivity index (χ1n) is 17.4. The average Bonchev–Trinajstić information content (AvgIpc) is 3.68. The predicted molar refractivity (Wildman–Crippen MR) is 187 cm³/mol. The Morgan fingerprint density at radius 1 is 0.732 bits per heavy atom. The highest BCUT2D eigenvalue weighted by Gasteiger charge is 2.47. The fourth-order valence-electron chi connectivity index (χ4n) is 9.01. The van der Waals surface area contributed by atoms with Gasteiger partial charge >= 0.3 is 0 Å². The van der Waals surface area contributed by atoms with Gasteiger partial charge in [0.1, 0.15) is 8.07 Å². The molecular weight excluding hydrogens is 549 g/mol. The van der Waals surface area contributed by atoms with Crippen LogP contribution in [-0.2, 0) is 12.8 Å². The van der Waals surface area contributed by atoms with Gasteiger partial charge in [-0.2, -0.15) is 0 Å². The molecule has 0 nitrogen and oxygen atoms in total. The highest BCUT2D eigenvalue weighted by molar-refractivity contribution is 7.22. The summed E-state index contributed by atoms with van der Waals surface area (Å²) in [6.45, 7) is 10.0. The average molecular weight is 603 g/mol. The Morgan fingerprint density at radius 2 is 1.29 bits per heavy atom. The predicted octanol–water partition coefficient (Wildman–Crippen LogP) is 12.7. The molecule has 0 atom stereocenters. The highest BCUT2D eigenvalue weighted by Crippen LogP contribution is 2.58. The molecular formula is C38H54S2Si. The van der Waals surface area contributed by atoms with Gasteiger partial charge in [0.2, 0.25) is 0 Å². The van der Waals surface area contributed by atoms with Crippen LogP contribution in [-0.4, -0.2) is 8.07 Å². The molecule has 6 rings (SSSR count). The zero-order valence-electron chi connectivity index (χ0n) is 26.5. The van der Waals surface area contributed by atoms with Crippen LogP contribution in [0.5, 0.6) is 0 Å². The van der Waals surface area contributed by atoms with Gasteiger partial charge in [-0.15, -0.1) is 22.7 Å². The molecule has 1 aliphatic heterocycles. The van der Waals surface area contributed by atoms with Crippen molar-refractivity contribution in [2.24, 2.45) is 17.8 Å². The van der Waals surface area contributed by atoms with Crippen LogP contribution < -0.4 is 0 Å². The molecule has 3 aliphatic carbocycles. The molecule has 3 heteroatoms. The molecule has 3 saturated carbocycles. The molecule has 0 saturated heterocycles. The first kappa shape index (κ1) is 29.9. The zero-order chi connectivity index (χ0) is 28.4. The smallest absolute Gasteiger partial charge is 0.116 e. The van der Waals surface area contributed by atoms with Gasteiger partial charge in [-0.1, -0.05) is 96.7 Å². The largest absolute Gasteiger partial charge is 0.141 e. The fourth-order valence-corrected chi connectivity index (χ4v) is 16.8. The minimum absolute atomic E-state index is 0.777. The number of hydrogen-bond donors (Lipinski definition) is 0. The monoisotopic (exact) mass is 602 g/mol. The van der Waals surface area contributed by atoms with Crippen LogP contribution in [0.3, 0.4) is 0 Å². The highest BCUT2D eigenvalue weighted by atomic mass is 32.1. The van der Waals surface area contributed by atoms with Crippen molar-refractivity contribution in [1.82, 2.24) is 0 Å². The summed E-state index contributed by atoms with van der Waals surface area (Å²) in [5, 5.41) is 3.73. The van der Waals surface area contributed by atoms with E-state index >= 15 is 0 Å². The van der Waals surface area contributed by atoms with Gasteiger partial charge in [0.05, 0.1) is 0 Å². The number of allylic oxidation sites excluding steroid dienone is 3. The Hall–Kier alpha value is -1.16. The van der Waals surface area contributed by atoms with Crippen molar-refractivity contribution in [2.75, 3.05) is 0 Å². The lowest BCUT2D eigenvalue weighted by Gasteiger charge is -2.32. The van der Waals surface area contributed by atoms with Gasteiger partial charge in [-0.05, 0) is 115 Å². The van der Waals surface area contributed by atoms with Gasteiger partial charge in [0, 0.05) is 19.5 Å². The Morgan fingerprint density at radius 3 is 1.85 bits per heavy atom. The van der Waals surface area contributed by atoms with Crippen LogP contribution in [0.1, 0.15) is 135 Å². The maximum atomic E-state index is 2.75.